The van der Waals surface area contributed by atoms with Crippen molar-refractivity contribution in [1.82, 2.24) is 20.5 Å². The number of amides is 2. The highest BCUT2D eigenvalue weighted by molar-refractivity contribution is 5.99. The van der Waals surface area contributed by atoms with Gasteiger partial charge in [0.25, 0.3) is 11.8 Å². The molecule has 1 aromatic rings. The lowest BCUT2D eigenvalue weighted by Gasteiger charge is -2.34. The van der Waals surface area contributed by atoms with E-state index in [1.165, 1.54) is 44.7 Å². The van der Waals surface area contributed by atoms with Crippen LogP contribution in [0.3, 0.4) is 0 Å². The van der Waals surface area contributed by atoms with Gasteiger partial charge in [-0.2, -0.15) is 0 Å². The fourth-order valence-electron chi connectivity index (χ4n) is 7.31. The van der Waals surface area contributed by atoms with Gasteiger partial charge in [-0.1, -0.05) is 25.7 Å². The molecular formula is C29H42N4O4. The van der Waals surface area contributed by atoms with E-state index >= 15 is 0 Å². The number of aromatic nitrogens is 1. The first-order valence-corrected chi connectivity index (χ1v) is 14.6. The van der Waals surface area contributed by atoms with E-state index in [9.17, 15) is 9.59 Å². The summed E-state index contributed by atoms with van der Waals surface area (Å²) < 4.78 is 11.4. The third-order valence-electron chi connectivity index (χ3n) is 9.69. The number of hydrogen-bond donors (Lipinski definition) is 2. The zero-order valence-electron chi connectivity index (χ0n) is 22.2. The van der Waals surface area contributed by atoms with Crippen LogP contribution in [0.1, 0.15) is 92.0 Å². The van der Waals surface area contributed by atoms with Gasteiger partial charge in [0.1, 0.15) is 11.4 Å². The minimum absolute atomic E-state index is 0.0986. The fraction of sp³-hybridized carbons (Fsp3) is 0.759. The summed E-state index contributed by atoms with van der Waals surface area (Å²) in [4.78, 5) is 32.8. The number of rotatable bonds is 9. The SMILES string of the molecule is CCOc1cc(C(=O)N2C3CCC2COC3)ncc1C(=O)NCC1(CNC2CC3CCCCC3C2)CC1. The summed E-state index contributed by atoms with van der Waals surface area (Å²) in [5.74, 6) is 2.01. The third-order valence-corrected chi connectivity index (χ3v) is 9.69. The minimum atomic E-state index is -0.181. The molecule has 2 aliphatic heterocycles. The number of hydrogen-bond acceptors (Lipinski definition) is 6. The van der Waals surface area contributed by atoms with Crippen LogP contribution in [-0.4, -0.2) is 72.7 Å². The molecule has 0 radical (unpaired) electrons. The number of nitrogens with one attached hydrogen (secondary N) is 2. The third kappa shape index (κ3) is 5.24. The Morgan fingerprint density at radius 2 is 1.78 bits per heavy atom. The van der Waals surface area contributed by atoms with Gasteiger partial charge in [0, 0.05) is 36.8 Å². The van der Waals surface area contributed by atoms with E-state index in [1.54, 1.807) is 6.07 Å². The standard InChI is InChI=1S/C29H42N4O4/c1-2-37-26-13-25(28(35)33-22-7-8-23(33)16-36-15-22)30-14-24(26)27(34)32-18-29(9-10-29)17-31-21-11-19-5-3-4-6-20(19)12-21/h13-14,19-23,31H,2-12,15-18H2,1H3,(H,32,34). The molecule has 2 saturated heterocycles. The van der Waals surface area contributed by atoms with Crippen molar-refractivity contribution >= 4 is 11.8 Å². The smallest absolute Gasteiger partial charge is 0.273 e. The maximum absolute atomic E-state index is 13.3. The molecule has 2 amide bonds. The van der Waals surface area contributed by atoms with Gasteiger partial charge in [0.15, 0.2) is 0 Å². The summed E-state index contributed by atoms with van der Waals surface area (Å²) in [5.41, 5.74) is 0.888. The second-order valence-corrected chi connectivity index (χ2v) is 12.2. The predicted molar refractivity (Wildman–Crippen MR) is 140 cm³/mol. The van der Waals surface area contributed by atoms with Crippen LogP contribution in [0.15, 0.2) is 12.3 Å². The van der Waals surface area contributed by atoms with Crippen LogP contribution in [0, 0.1) is 17.3 Å². The van der Waals surface area contributed by atoms with Crippen molar-refractivity contribution in [3.8, 4) is 5.75 Å². The zero-order valence-corrected chi connectivity index (χ0v) is 22.2. The van der Waals surface area contributed by atoms with Crippen LogP contribution >= 0.6 is 0 Å². The summed E-state index contributed by atoms with van der Waals surface area (Å²) in [7, 11) is 0. The molecule has 1 aromatic heterocycles. The molecule has 6 rings (SSSR count). The van der Waals surface area contributed by atoms with Gasteiger partial charge in [-0.25, -0.2) is 4.98 Å². The molecule has 8 heteroatoms. The van der Waals surface area contributed by atoms with Gasteiger partial charge in [-0.3, -0.25) is 9.59 Å². The van der Waals surface area contributed by atoms with Crippen molar-refractivity contribution in [2.75, 3.05) is 32.9 Å². The quantitative estimate of drug-likeness (QED) is 0.528. The van der Waals surface area contributed by atoms with Crippen LogP contribution in [0.25, 0.3) is 0 Å². The summed E-state index contributed by atoms with van der Waals surface area (Å²) in [6.45, 7) is 5.10. The molecule has 5 fully saturated rings. The van der Waals surface area contributed by atoms with E-state index in [-0.39, 0.29) is 29.3 Å². The lowest BCUT2D eigenvalue weighted by Crippen LogP contribution is -2.49. The Balaban J connectivity index is 1.06. The van der Waals surface area contributed by atoms with Gasteiger partial charge in [-0.15, -0.1) is 0 Å². The van der Waals surface area contributed by atoms with Crippen LogP contribution in [0.5, 0.6) is 5.75 Å². The Morgan fingerprint density at radius 1 is 1.08 bits per heavy atom. The Morgan fingerprint density at radius 3 is 2.43 bits per heavy atom. The summed E-state index contributed by atoms with van der Waals surface area (Å²) in [6.07, 6.45) is 14.0. The van der Waals surface area contributed by atoms with E-state index in [0.29, 0.717) is 49.4 Å². The molecule has 4 atom stereocenters. The topological polar surface area (TPSA) is 92.8 Å². The highest BCUT2D eigenvalue weighted by Crippen LogP contribution is 2.46. The number of pyridine rings is 1. The first-order valence-electron chi connectivity index (χ1n) is 14.6. The normalized spacial score (nSPS) is 31.6. The van der Waals surface area contributed by atoms with Gasteiger partial charge in [-0.05, 0) is 57.3 Å². The van der Waals surface area contributed by atoms with Crippen LogP contribution < -0.4 is 15.4 Å². The molecule has 3 saturated carbocycles. The Hall–Kier alpha value is -2.19. The number of nitrogens with zero attached hydrogens (tertiary/aromatic N) is 2. The van der Waals surface area contributed by atoms with Crippen LogP contribution in [-0.2, 0) is 4.74 Å². The molecule has 202 valence electrons. The summed E-state index contributed by atoms with van der Waals surface area (Å²) in [5, 5.41) is 7.01. The molecule has 4 unspecified atom stereocenters. The lowest BCUT2D eigenvalue weighted by molar-refractivity contribution is -0.00748. The van der Waals surface area contributed by atoms with Gasteiger partial charge in [0.2, 0.25) is 0 Å². The van der Waals surface area contributed by atoms with Crippen molar-refractivity contribution in [2.45, 2.75) is 89.3 Å². The number of fused-ring (bicyclic) bond motifs is 3. The van der Waals surface area contributed by atoms with Crippen LogP contribution in [0.2, 0.25) is 0 Å². The number of carbonyl (C=O) groups excluding carboxylic acids is 2. The maximum atomic E-state index is 13.3. The predicted octanol–water partition coefficient (Wildman–Crippen LogP) is 3.55. The van der Waals surface area contributed by atoms with Crippen molar-refractivity contribution in [3.63, 3.8) is 0 Å². The van der Waals surface area contributed by atoms with Crippen molar-refractivity contribution in [2.24, 2.45) is 17.3 Å². The highest BCUT2D eigenvalue weighted by Gasteiger charge is 2.44. The molecule has 3 aliphatic carbocycles. The molecule has 3 heterocycles. The van der Waals surface area contributed by atoms with E-state index in [1.807, 2.05) is 11.8 Å². The van der Waals surface area contributed by atoms with E-state index in [4.69, 9.17) is 9.47 Å². The van der Waals surface area contributed by atoms with Gasteiger partial charge in [0.05, 0.1) is 37.5 Å². The monoisotopic (exact) mass is 510 g/mol. The van der Waals surface area contributed by atoms with E-state index < -0.39 is 0 Å². The number of ether oxygens (including phenoxy) is 2. The van der Waals surface area contributed by atoms with Crippen molar-refractivity contribution < 1.29 is 19.1 Å². The molecule has 5 aliphatic rings. The first-order chi connectivity index (χ1) is 18.0. The molecule has 0 spiro atoms. The molecule has 2 N–H and O–H groups in total. The largest absolute Gasteiger partial charge is 0.493 e. The Bertz CT molecular complexity index is 982. The second kappa shape index (κ2) is 10.5. The molecule has 2 bridgehead atoms. The Labute approximate surface area is 220 Å². The highest BCUT2D eigenvalue weighted by atomic mass is 16.5. The lowest BCUT2D eigenvalue weighted by atomic mass is 9.82. The van der Waals surface area contributed by atoms with Gasteiger partial charge >= 0.3 is 0 Å². The summed E-state index contributed by atoms with van der Waals surface area (Å²) >= 11 is 0. The van der Waals surface area contributed by atoms with Crippen molar-refractivity contribution in [3.05, 3.63) is 23.5 Å². The van der Waals surface area contributed by atoms with E-state index in [2.05, 4.69) is 15.6 Å². The molecular weight excluding hydrogens is 468 g/mol. The first kappa shape index (κ1) is 25.1. The fourth-order valence-corrected chi connectivity index (χ4v) is 7.31. The maximum Gasteiger partial charge on any atom is 0.273 e. The van der Waals surface area contributed by atoms with Crippen molar-refractivity contribution in [1.29, 1.82) is 0 Å². The molecule has 0 aromatic carbocycles. The zero-order chi connectivity index (χ0) is 25.4. The number of carbonyl (C=O) groups is 2. The second-order valence-electron chi connectivity index (χ2n) is 12.2. The minimum Gasteiger partial charge on any atom is -0.493 e. The Kier molecular flexibility index (Phi) is 7.14. The molecule has 37 heavy (non-hydrogen) atoms. The average molecular weight is 511 g/mol. The average Bonchev–Trinajstić information content (AvgIpc) is 3.50. The summed E-state index contributed by atoms with van der Waals surface area (Å²) in [6, 6.07) is 2.51. The molecule has 8 nitrogen and oxygen atoms in total. The van der Waals surface area contributed by atoms with Gasteiger partial charge < -0.3 is 25.0 Å². The number of morpholine rings is 1. The van der Waals surface area contributed by atoms with Crippen LogP contribution in [0.4, 0.5) is 0 Å². The van der Waals surface area contributed by atoms with E-state index in [0.717, 1.165) is 44.1 Å².